The molecule has 0 spiro atoms. The Kier molecular flexibility index (Phi) is 2.59. The summed E-state index contributed by atoms with van der Waals surface area (Å²) in [5.74, 6) is 0. The van der Waals surface area contributed by atoms with Crippen molar-refractivity contribution in [2.45, 2.75) is 11.9 Å². The van der Waals surface area contributed by atoms with Crippen LogP contribution in [0.2, 0.25) is 0 Å². The number of hydrogen-bond acceptors (Lipinski definition) is 5. The Hall–Kier alpha value is -1.17. The van der Waals surface area contributed by atoms with E-state index >= 15 is 0 Å². The van der Waals surface area contributed by atoms with E-state index in [0.29, 0.717) is 10.7 Å². The maximum absolute atomic E-state index is 10.5. The van der Waals surface area contributed by atoms with Crippen molar-refractivity contribution in [3.05, 3.63) is 22.1 Å². The number of hydrogen-bond donors (Lipinski definition) is 0. The van der Waals surface area contributed by atoms with Gasteiger partial charge in [0.25, 0.3) is 0 Å². The molecule has 1 rings (SSSR count). The number of aromatic nitrogens is 2. The fraction of sp³-hybridized carbons (Fsp3) is 0.333. The second-order valence-corrected chi connectivity index (χ2v) is 2.87. The van der Waals surface area contributed by atoms with Crippen LogP contribution in [0.5, 0.6) is 0 Å². The third-order valence-corrected chi connectivity index (χ3v) is 2.03. The highest BCUT2D eigenvalue weighted by Gasteiger charge is 2.18. The molecule has 0 amide bonds. The molecule has 5 nitrogen and oxygen atoms in total. The minimum absolute atomic E-state index is 0.00463. The molecule has 0 unspecified atom stereocenters. The van der Waals surface area contributed by atoms with E-state index in [4.69, 9.17) is 0 Å². The van der Waals surface area contributed by atoms with Crippen LogP contribution in [0.3, 0.4) is 0 Å². The first kappa shape index (κ1) is 8.92. The monoisotopic (exact) mass is 185 g/mol. The lowest BCUT2D eigenvalue weighted by atomic mass is 10.4. The van der Waals surface area contributed by atoms with Crippen LogP contribution in [0.15, 0.2) is 11.4 Å². The van der Waals surface area contributed by atoms with Crippen molar-refractivity contribution < 1.29 is 4.92 Å². The van der Waals surface area contributed by atoms with Crippen molar-refractivity contribution in [2.24, 2.45) is 0 Å². The van der Waals surface area contributed by atoms with Gasteiger partial charge in [-0.15, -0.1) is 11.8 Å². The number of thioether (sulfide) groups is 1. The highest BCUT2D eigenvalue weighted by Crippen LogP contribution is 2.26. The normalized spacial score (nSPS) is 9.83. The van der Waals surface area contributed by atoms with E-state index in [9.17, 15) is 10.1 Å². The molecule has 12 heavy (non-hydrogen) atoms. The highest BCUT2D eigenvalue weighted by molar-refractivity contribution is 7.98. The largest absolute Gasteiger partial charge is 0.322 e. The summed E-state index contributed by atoms with van der Waals surface area (Å²) in [5, 5.41) is 10.9. The van der Waals surface area contributed by atoms with Gasteiger partial charge >= 0.3 is 5.69 Å². The molecule has 0 saturated carbocycles. The molecule has 0 aromatic carbocycles. The van der Waals surface area contributed by atoms with E-state index < -0.39 is 4.92 Å². The Balaban J connectivity index is 3.29. The fourth-order valence-electron chi connectivity index (χ4n) is 0.805. The maximum atomic E-state index is 10.5. The summed E-state index contributed by atoms with van der Waals surface area (Å²) in [6, 6.07) is 0. The standard InChI is InChI=1S/C6H7N3O2S/c1-4-5(9(10)11)6(12-2)8-3-7-4/h3H,1-2H3. The summed E-state index contributed by atoms with van der Waals surface area (Å²) in [6.07, 6.45) is 3.07. The third-order valence-electron chi connectivity index (χ3n) is 1.35. The van der Waals surface area contributed by atoms with Gasteiger partial charge in [0.2, 0.25) is 0 Å². The molecule has 6 heteroatoms. The Morgan fingerprint density at radius 2 is 2.25 bits per heavy atom. The van der Waals surface area contributed by atoms with Gasteiger partial charge in [0.15, 0.2) is 5.03 Å². The van der Waals surface area contributed by atoms with Gasteiger partial charge in [0.05, 0.1) is 4.92 Å². The van der Waals surface area contributed by atoms with Gasteiger partial charge in [-0.25, -0.2) is 9.97 Å². The molecule has 0 aliphatic rings. The second kappa shape index (κ2) is 3.48. The van der Waals surface area contributed by atoms with Gasteiger partial charge in [-0.1, -0.05) is 0 Å². The highest BCUT2D eigenvalue weighted by atomic mass is 32.2. The fourth-order valence-corrected chi connectivity index (χ4v) is 1.37. The quantitative estimate of drug-likeness (QED) is 0.301. The Labute approximate surface area is 73.4 Å². The molecule has 1 heterocycles. The Morgan fingerprint density at radius 1 is 1.58 bits per heavy atom. The lowest BCUT2D eigenvalue weighted by Crippen LogP contribution is -1.98. The minimum Gasteiger partial charge on any atom is -0.258 e. The molecule has 0 bridgehead atoms. The van der Waals surface area contributed by atoms with Crippen LogP contribution >= 0.6 is 11.8 Å². The number of nitrogens with zero attached hydrogens (tertiary/aromatic N) is 3. The van der Waals surface area contributed by atoms with Gasteiger partial charge in [-0.3, -0.25) is 10.1 Å². The summed E-state index contributed by atoms with van der Waals surface area (Å²) < 4.78 is 0. The van der Waals surface area contributed by atoms with Crippen LogP contribution in [-0.2, 0) is 0 Å². The van der Waals surface area contributed by atoms with Crippen molar-refractivity contribution in [3.8, 4) is 0 Å². The molecule has 0 aliphatic carbocycles. The van der Waals surface area contributed by atoms with Crippen LogP contribution < -0.4 is 0 Å². The van der Waals surface area contributed by atoms with Crippen molar-refractivity contribution in [3.63, 3.8) is 0 Å². The van der Waals surface area contributed by atoms with E-state index in [2.05, 4.69) is 9.97 Å². The SMILES string of the molecule is CSc1ncnc(C)c1[N+](=O)[O-]. The average Bonchev–Trinajstić information content (AvgIpc) is 2.03. The van der Waals surface area contributed by atoms with Gasteiger partial charge in [0, 0.05) is 0 Å². The summed E-state index contributed by atoms with van der Waals surface area (Å²) >= 11 is 1.25. The first-order valence-corrected chi connectivity index (χ1v) is 4.39. The van der Waals surface area contributed by atoms with Crippen molar-refractivity contribution >= 4 is 17.4 Å². The van der Waals surface area contributed by atoms with Gasteiger partial charge in [0.1, 0.15) is 12.0 Å². The molecular formula is C6H7N3O2S. The molecule has 0 aliphatic heterocycles. The number of nitro groups is 1. The predicted molar refractivity (Wildman–Crippen MR) is 45.2 cm³/mol. The van der Waals surface area contributed by atoms with Crippen molar-refractivity contribution in [1.82, 2.24) is 9.97 Å². The summed E-state index contributed by atoms with van der Waals surface area (Å²) in [6.45, 7) is 1.60. The van der Waals surface area contributed by atoms with E-state index in [1.807, 2.05) is 0 Å². The number of rotatable bonds is 2. The smallest absolute Gasteiger partial charge is 0.258 e. The zero-order valence-electron chi connectivity index (χ0n) is 6.64. The topological polar surface area (TPSA) is 68.9 Å². The van der Waals surface area contributed by atoms with Crippen molar-refractivity contribution in [2.75, 3.05) is 6.26 Å². The lowest BCUT2D eigenvalue weighted by molar-refractivity contribution is -0.389. The molecular weight excluding hydrogens is 178 g/mol. The van der Waals surface area contributed by atoms with E-state index in [-0.39, 0.29) is 5.69 Å². The van der Waals surface area contributed by atoms with Crippen LogP contribution in [0.25, 0.3) is 0 Å². The molecule has 0 N–H and O–H groups in total. The first-order valence-electron chi connectivity index (χ1n) is 3.16. The average molecular weight is 185 g/mol. The molecule has 0 radical (unpaired) electrons. The zero-order valence-corrected chi connectivity index (χ0v) is 7.46. The molecule has 64 valence electrons. The predicted octanol–water partition coefficient (Wildman–Crippen LogP) is 1.42. The first-order chi connectivity index (χ1) is 5.66. The van der Waals surface area contributed by atoms with Crippen LogP contribution in [0.1, 0.15) is 5.69 Å². The summed E-state index contributed by atoms with van der Waals surface area (Å²) in [7, 11) is 0. The van der Waals surface area contributed by atoms with E-state index in [0.717, 1.165) is 0 Å². The number of aryl methyl sites for hydroxylation is 1. The van der Waals surface area contributed by atoms with Gasteiger partial charge in [-0.05, 0) is 13.2 Å². The van der Waals surface area contributed by atoms with Crippen LogP contribution in [-0.4, -0.2) is 21.1 Å². The van der Waals surface area contributed by atoms with Crippen LogP contribution in [0, 0.1) is 17.0 Å². The molecule has 1 aromatic heterocycles. The van der Waals surface area contributed by atoms with E-state index in [1.165, 1.54) is 18.1 Å². The molecule has 0 fully saturated rings. The van der Waals surface area contributed by atoms with Gasteiger partial charge < -0.3 is 0 Å². The molecule has 0 saturated heterocycles. The molecule has 0 atom stereocenters. The second-order valence-electron chi connectivity index (χ2n) is 2.07. The maximum Gasteiger partial charge on any atom is 0.322 e. The minimum atomic E-state index is -0.457. The third kappa shape index (κ3) is 1.53. The summed E-state index contributed by atoms with van der Waals surface area (Å²) in [5.41, 5.74) is 0.407. The Morgan fingerprint density at radius 3 is 2.67 bits per heavy atom. The van der Waals surface area contributed by atoms with Crippen LogP contribution in [0.4, 0.5) is 5.69 Å². The zero-order chi connectivity index (χ0) is 9.14. The van der Waals surface area contributed by atoms with Crippen molar-refractivity contribution in [1.29, 1.82) is 0 Å². The lowest BCUT2D eigenvalue weighted by Gasteiger charge is -1.98. The summed E-state index contributed by atoms with van der Waals surface area (Å²) in [4.78, 5) is 17.6. The Bertz CT molecular complexity index is 316. The molecule has 1 aromatic rings. The van der Waals surface area contributed by atoms with E-state index in [1.54, 1.807) is 13.2 Å². The van der Waals surface area contributed by atoms with Gasteiger partial charge in [-0.2, -0.15) is 0 Å².